The van der Waals surface area contributed by atoms with Gasteiger partial charge in [-0.2, -0.15) is 0 Å². The van der Waals surface area contributed by atoms with Gasteiger partial charge in [0.25, 0.3) is 0 Å². The third kappa shape index (κ3) is 10.9. The van der Waals surface area contributed by atoms with Gasteiger partial charge in [0.1, 0.15) is 30.1 Å². The maximum atomic E-state index is 14.1. The van der Waals surface area contributed by atoms with Crippen molar-refractivity contribution in [1.29, 1.82) is 0 Å². The van der Waals surface area contributed by atoms with Gasteiger partial charge in [-0.05, 0) is 59.9 Å². The monoisotopic (exact) mass is 883 g/mol. The molecule has 0 bridgehead atoms. The number of likely N-dealkylation sites (tertiary alicyclic amines) is 2. The molecular weight excluding hydrogens is 819 g/mol. The van der Waals surface area contributed by atoms with Crippen molar-refractivity contribution in [3.05, 3.63) is 60.6 Å². The minimum absolute atomic E-state index is 0.111. The first-order chi connectivity index (χ1) is 30.8. The van der Waals surface area contributed by atoms with Crippen molar-refractivity contribution >= 4 is 35.6 Å². The van der Waals surface area contributed by atoms with E-state index in [1.54, 1.807) is 25.2 Å². The van der Waals surface area contributed by atoms with Crippen LogP contribution in [0.4, 0.5) is 15.3 Å². The Kier molecular flexibility index (Phi) is 15.3. The van der Waals surface area contributed by atoms with E-state index in [-0.39, 0.29) is 60.3 Å². The van der Waals surface area contributed by atoms with E-state index in [4.69, 9.17) is 23.9 Å². The molecule has 16 heteroatoms. The minimum atomic E-state index is -0.702. The molecule has 0 radical (unpaired) electrons. The molecule has 0 spiro atoms. The summed E-state index contributed by atoms with van der Waals surface area (Å²) in [5, 5.41) is 3.03. The summed E-state index contributed by atoms with van der Waals surface area (Å²) in [6.45, 7) is 11.2. The van der Waals surface area contributed by atoms with Gasteiger partial charge in [-0.15, -0.1) is 0 Å². The number of hydrogen-bond donors (Lipinski definition) is 2. The predicted molar refractivity (Wildman–Crippen MR) is 240 cm³/mol. The second-order valence-electron chi connectivity index (χ2n) is 18.3. The van der Waals surface area contributed by atoms with Crippen molar-refractivity contribution in [2.45, 2.75) is 103 Å². The molecule has 0 saturated carbocycles. The predicted octanol–water partition coefficient (Wildman–Crippen LogP) is 6.74. The number of aromatic nitrogens is 2. The first-order valence-electron chi connectivity index (χ1n) is 23.0. The lowest BCUT2D eigenvalue weighted by Gasteiger charge is -2.35. The molecule has 0 unspecified atom stereocenters. The third-order valence-corrected chi connectivity index (χ3v) is 13.1. The molecule has 7 rings (SSSR count). The molecule has 4 fully saturated rings. The van der Waals surface area contributed by atoms with E-state index in [1.165, 1.54) is 9.80 Å². The number of benzene rings is 2. The zero-order valence-corrected chi connectivity index (χ0v) is 38.1. The van der Waals surface area contributed by atoms with Crippen LogP contribution in [0.5, 0.6) is 0 Å². The topological polar surface area (TPSA) is 176 Å². The molecule has 16 nitrogen and oxygen atoms in total. The first-order valence-corrected chi connectivity index (χ1v) is 23.0. The highest BCUT2D eigenvalue weighted by Gasteiger charge is 2.41. The average Bonchev–Trinajstić information content (AvgIpc) is 4.10. The van der Waals surface area contributed by atoms with Gasteiger partial charge in [0.05, 0.1) is 50.3 Å². The molecule has 5 heterocycles. The van der Waals surface area contributed by atoms with E-state index in [9.17, 15) is 24.0 Å². The lowest BCUT2D eigenvalue weighted by Crippen LogP contribution is -2.52. The van der Waals surface area contributed by atoms with Crippen LogP contribution in [0.25, 0.3) is 22.4 Å². The molecular formula is C48H65N7O9. The number of amides is 5. The Morgan fingerprint density at radius 3 is 1.77 bits per heavy atom. The zero-order chi connectivity index (χ0) is 45.5. The van der Waals surface area contributed by atoms with Crippen LogP contribution in [0.1, 0.15) is 84.5 Å². The fourth-order valence-electron chi connectivity index (χ4n) is 9.39. The largest absolute Gasteiger partial charge is 0.446 e. The molecule has 2 N–H and O–H groups in total. The molecule has 3 aromatic rings. The maximum Gasteiger partial charge on any atom is 0.410 e. The summed E-state index contributed by atoms with van der Waals surface area (Å²) in [6.07, 6.45) is 5.07. The summed E-state index contributed by atoms with van der Waals surface area (Å²) in [4.78, 5) is 82.0. The Hall–Kier alpha value is -5.48. The molecule has 4 atom stereocenters. The molecule has 0 aliphatic carbocycles. The number of likely N-dealkylation sites (N-methyl/N-ethyl adjacent to an activating group) is 2. The molecule has 346 valence electrons. The van der Waals surface area contributed by atoms with Crippen molar-refractivity contribution in [2.75, 3.05) is 65.5 Å². The van der Waals surface area contributed by atoms with E-state index in [1.807, 2.05) is 81.1 Å². The molecule has 4 aliphatic heterocycles. The molecule has 64 heavy (non-hydrogen) atoms. The number of anilines is 1. The van der Waals surface area contributed by atoms with Gasteiger partial charge >= 0.3 is 12.2 Å². The van der Waals surface area contributed by atoms with Crippen molar-refractivity contribution in [3.8, 4) is 22.4 Å². The summed E-state index contributed by atoms with van der Waals surface area (Å²) in [6, 6.07) is 14.2. The summed E-state index contributed by atoms with van der Waals surface area (Å²) in [7, 11) is 3.25. The molecule has 4 aliphatic rings. The van der Waals surface area contributed by atoms with Crippen molar-refractivity contribution in [2.24, 2.45) is 17.8 Å². The van der Waals surface area contributed by atoms with Crippen molar-refractivity contribution < 1.29 is 42.9 Å². The van der Waals surface area contributed by atoms with Crippen LogP contribution in [0.3, 0.4) is 0 Å². The third-order valence-electron chi connectivity index (χ3n) is 13.1. The fourth-order valence-corrected chi connectivity index (χ4v) is 9.39. The van der Waals surface area contributed by atoms with Crippen molar-refractivity contribution in [1.82, 2.24) is 29.6 Å². The summed E-state index contributed by atoms with van der Waals surface area (Å²) >= 11 is 0. The van der Waals surface area contributed by atoms with Crippen LogP contribution < -0.4 is 5.32 Å². The van der Waals surface area contributed by atoms with Crippen molar-refractivity contribution in [3.63, 3.8) is 0 Å². The van der Waals surface area contributed by atoms with Gasteiger partial charge in [0.15, 0.2) is 0 Å². The Bertz CT molecular complexity index is 2080. The Morgan fingerprint density at radius 2 is 1.22 bits per heavy atom. The van der Waals surface area contributed by atoms with Gasteiger partial charge < -0.3 is 39.0 Å². The standard InChI is InChI=1S/C48H65N7O9/c1-30(2)41(52(5)47(59)63-37-18-24-61-25-19-37)45(57)54-23-17-35(29-54)44(56)50-36-15-13-33(14-16-36)32-9-11-34(12-10-32)39-28-49-43(51-39)40-8-7-22-55(40)46(58)42(31(3)4)53(6)48(60)64-38-20-26-62-27-21-38/h9-16,28,30-31,35,37-38,40-42H,7-8,17-27,29H2,1-6H3,(H,49,51)(H,50,56)/t35-,40+,41-,42+/m1/s1. The van der Waals surface area contributed by atoms with Gasteiger partial charge in [0, 0.05) is 65.1 Å². The number of rotatable bonds is 13. The molecule has 2 aromatic carbocycles. The second kappa shape index (κ2) is 21.0. The fraction of sp³-hybridized carbons (Fsp3) is 0.583. The minimum Gasteiger partial charge on any atom is -0.446 e. The van der Waals surface area contributed by atoms with E-state index >= 15 is 0 Å². The van der Waals surface area contributed by atoms with Gasteiger partial charge in [0.2, 0.25) is 17.7 Å². The van der Waals surface area contributed by atoms with Crippen LogP contribution in [0.2, 0.25) is 0 Å². The number of nitrogens with one attached hydrogen (secondary N) is 2. The Morgan fingerprint density at radius 1 is 0.703 bits per heavy atom. The lowest BCUT2D eigenvalue weighted by atomic mass is 10.0. The number of nitrogens with zero attached hydrogens (tertiary/aromatic N) is 5. The van der Waals surface area contributed by atoms with Gasteiger partial charge in [-0.1, -0.05) is 64.1 Å². The highest BCUT2D eigenvalue weighted by molar-refractivity contribution is 5.94. The Balaban J connectivity index is 0.915. The number of carbonyl (C=O) groups is 5. The Labute approximate surface area is 376 Å². The zero-order valence-electron chi connectivity index (χ0n) is 38.1. The average molecular weight is 884 g/mol. The van der Waals surface area contributed by atoms with E-state index in [2.05, 4.69) is 10.3 Å². The number of hydrogen-bond acceptors (Lipinski definition) is 10. The number of imidazole rings is 1. The SMILES string of the molecule is CC(C)[C@@H](C(=O)N1CCC[C@H]1c1ncc(-c2ccc(-c3ccc(NC(=O)[C@@H]4CCN(C(=O)[C@@H](C(C)C)N(C)C(=O)OC5CCOCC5)C4)cc3)cc2)[nH]1)N(C)C(=O)OC1CCOCC1. The van der Waals surface area contributed by atoms with E-state index < -0.39 is 24.3 Å². The van der Waals surface area contributed by atoms with Crippen LogP contribution >= 0.6 is 0 Å². The van der Waals surface area contributed by atoms with E-state index in [0.29, 0.717) is 83.1 Å². The number of carbonyl (C=O) groups excluding carboxylic acids is 5. The number of H-pyrrole nitrogens is 1. The highest BCUT2D eigenvalue weighted by Crippen LogP contribution is 2.34. The second-order valence-corrected chi connectivity index (χ2v) is 18.3. The normalized spacial score (nSPS) is 20.6. The van der Waals surface area contributed by atoms with Crippen LogP contribution in [0, 0.1) is 17.8 Å². The smallest absolute Gasteiger partial charge is 0.410 e. The van der Waals surface area contributed by atoms with Crippen LogP contribution in [-0.4, -0.2) is 144 Å². The van der Waals surface area contributed by atoms with Gasteiger partial charge in [-0.25, -0.2) is 14.6 Å². The highest BCUT2D eigenvalue weighted by atomic mass is 16.6. The molecule has 5 amide bonds. The van der Waals surface area contributed by atoms with Crippen LogP contribution in [-0.2, 0) is 33.3 Å². The summed E-state index contributed by atoms with van der Waals surface area (Å²) in [5.41, 5.74) is 4.43. The quantitative estimate of drug-likeness (QED) is 0.187. The van der Waals surface area contributed by atoms with Gasteiger partial charge in [-0.3, -0.25) is 24.2 Å². The summed E-state index contributed by atoms with van der Waals surface area (Å²) < 4.78 is 22.2. The van der Waals surface area contributed by atoms with Crippen LogP contribution in [0.15, 0.2) is 54.7 Å². The summed E-state index contributed by atoms with van der Waals surface area (Å²) in [5.74, 6) is -0.372. The van der Waals surface area contributed by atoms with E-state index in [0.717, 1.165) is 35.2 Å². The maximum absolute atomic E-state index is 14.1. The lowest BCUT2D eigenvalue weighted by molar-refractivity contribution is -0.139. The first kappa shape index (κ1) is 46.5. The molecule has 4 saturated heterocycles. The molecule has 1 aromatic heterocycles. The number of ether oxygens (including phenoxy) is 4. The number of aromatic amines is 1.